The minimum Gasteiger partial charge on any atom is -0.394 e. The number of carbonyl (C=O) groups excluding carboxylic acids is 1. The van der Waals surface area contributed by atoms with Crippen molar-refractivity contribution in [3.8, 4) is 0 Å². The van der Waals surface area contributed by atoms with Gasteiger partial charge >= 0.3 is 0 Å². The standard InChI is InChI=1S/C30H59NO11/c1-2-3-4-5-6-7-8-9-10-11-12-13-14-15-16-17-18-31-29(40)27(38)25(36)23(34)21(33)20-41-30-28(39)26(37)24(35)22(19-32)42-30/h21-28,30,32-39H,2-20H2,1H3,(H,31,40)/t21-,22?,23-,24+,25+,26?,27-,28+,30+/m1/s1. The summed E-state index contributed by atoms with van der Waals surface area (Å²) >= 11 is 0. The predicted octanol–water partition coefficient (Wildman–Crippen LogP) is 0.624. The minimum absolute atomic E-state index is 0.305. The van der Waals surface area contributed by atoms with Gasteiger partial charge in [0.05, 0.1) is 13.2 Å². The number of aliphatic hydroxyl groups is 8. The highest BCUT2D eigenvalue weighted by Crippen LogP contribution is 2.22. The summed E-state index contributed by atoms with van der Waals surface area (Å²) in [7, 11) is 0. The maximum absolute atomic E-state index is 12.2. The average Bonchev–Trinajstić information content (AvgIpc) is 2.99. The van der Waals surface area contributed by atoms with Gasteiger partial charge in [-0.1, -0.05) is 103 Å². The van der Waals surface area contributed by atoms with Gasteiger partial charge < -0.3 is 55.6 Å². The molecule has 0 bridgehead atoms. The van der Waals surface area contributed by atoms with Gasteiger partial charge in [-0.05, 0) is 6.42 Å². The van der Waals surface area contributed by atoms with E-state index in [2.05, 4.69) is 12.2 Å². The number of rotatable bonds is 25. The number of ether oxygens (including phenoxy) is 2. The summed E-state index contributed by atoms with van der Waals surface area (Å²) in [5.41, 5.74) is 0. The lowest BCUT2D eigenvalue weighted by atomic mass is 9.99. The van der Waals surface area contributed by atoms with Crippen LogP contribution in [0.5, 0.6) is 0 Å². The average molecular weight is 610 g/mol. The maximum Gasteiger partial charge on any atom is 0.251 e. The van der Waals surface area contributed by atoms with Crippen LogP contribution >= 0.6 is 0 Å². The first kappa shape index (κ1) is 39.1. The number of nitrogens with one attached hydrogen (secondary N) is 1. The Hall–Kier alpha value is -0.930. The van der Waals surface area contributed by atoms with Gasteiger partial charge in [-0.25, -0.2) is 0 Å². The third kappa shape index (κ3) is 15.2. The van der Waals surface area contributed by atoms with Crippen molar-refractivity contribution in [2.45, 2.75) is 165 Å². The Morgan fingerprint density at radius 3 is 1.67 bits per heavy atom. The first-order valence-electron chi connectivity index (χ1n) is 16.1. The normalized spacial score (nSPS) is 25.6. The maximum atomic E-state index is 12.2. The van der Waals surface area contributed by atoms with Crippen LogP contribution in [0.2, 0.25) is 0 Å². The van der Waals surface area contributed by atoms with Gasteiger partial charge in [-0.15, -0.1) is 0 Å². The molecule has 9 atom stereocenters. The van der Waals surface area contributed by atoms with E-state index in [4.69, 9.17) is 9.47 Å². The van der Waals surface area contributed by atoms with Crippen LogP contribution in [-0.4, -0.2) is 122 Å². The van der Waals surface area contributed by atoms with E-state index in [0.29, 0.717) is 13.0 Å². The zero-order valence-electron chi connectivity index (χ0n) is 25.4. The van der Waals surface area contributed by atoms with E-state index in [9.17, 15) is 45.6 Å². The van der Waals surface area contributed by atoms with Crippen molar-refractivity contribution >= 4 is 5.91 Å². The van der Waals surface area contributed by atoms with Crippen molar-refractivity contribution in [1.29, 1.82) is 0 Å². The topological polar surface area (TPSA) is 209 Å². The van der Waals surface area contributed by atoms with Crippen LogP contribution < -0.4 is 5.32 Å². The SMILES string of the molecule is CCCCCCCCCCCCCCCCCCNC(=O)[C@H](O)[C@@H](O)[C@H](O)[C@H](O)CO[C@H]1OC(CO)[C@H](O)C(O)[C@@H]1O. The number of hydrogen-bond acceptors (Lipinski definition) is 11. The second-order valence-electron chi connectivity index (χ2n) is 11.6. The van der Waals surface area contributed by atoms with Crippen LogP contribution in [0.1, 0.15) is 110 Å². The molecule has 1 saturated heterocycles. The first-order chi connectivity index (χ1) is 20.1. The minimum atomic E-state index is -2.02. The molecule has 1 aliphatic rings. The van der Waals surface area contributed by atoms with Crippen LogP contribution in [-0.2, 0) is 14.3 Å². The second kappa shape index (κ2) is 23.5. The van der Waals surface area contributed by atoms with Gasteiger partial charge in [0.15, 0.2) is 12.4 Å². The summed E-state index contributed by atoms with van der Waals surface area (Å²) < 4.78 is 10.3. The van der Waals surface area contributed by atoms with Crippen molar-refractivity contribution in [2.24, 2.45) is 0 Å². The fourth-order valence-corrected chi connectivity index (χ4v) is 5.06. The number of unbranched alkanes of at least 4 members (excludes halogenated alkanes) is 15. The molecule has 250 valence electrons. The number of hydrogen-bond donors (Lipinski definition) is 9. The molecule has 1 rings (SSSR count). The summed E-state index contributed by atoms with van der Waals surface area (Å²) in [5, 5.41) is 81.8. The molecule has 2 unspecified atom stereocenters. The molecular weight excluding hydrogens is 550 g/mol. The number of amides is 1. The molecule has 0 aliphatic carbocycles. The quantitative estimate of drug-likeness (QED) is 0.0655. The molecule has 0 aromatic carbocycles. The highest BCUT2D eigenvalue weighted by Gasteiger charge is 2.44. The molecule has 12 heteroatoms. The molecule has 42 heavy (non-hydrogen) atoms. The lowest BCUT2D eigenvalue weighted by molar-refractivity contribution is -0.306. The van der Waals surface area contributed by atoms with Crippen LogP contribution in [0.15, 0.2) is 0 Å². The Kier molecular flexibility index (Phi) is 21.8. The zero-order chi connectivity index (χ0) is 31.3. The van der Waals surface area contributed by atoms with Crippen molar-refractivity contribution in [3.63, 3.8) is 0 Å². The third-order valence-corrected chi connectivity index (χ3v) is 7.95. The van der Waals surface area contributed by atoms with Gasteiger partial charge in [-0.2, -0.15) is 0 Å². The first-order valence-corrected chi connectivity index (χ1v) is 16.1. The second-order valence-corrected chi connectivity index (χ2v) is 11.6. The molecule has 1 aliphatic heterocycles. The van der Waals surface area contributed by atoms with Gasteiger partial charge in [0.2, 0.25) is 0 Å². The summed E-state index contributed by atoms with van der Waals surface area (Å²) in [6, 6.07) is 0. The summed E-state index contributed by atoms with van der Waals surface area (Å²) in [6.07, 6.45) is 4.16. The molecule has 9 N–H and O–H groups in total. The van der Waals surface area contributed by atoms with E-state index in [-0.39, 0.29) is 0 Å². The van der Waals surface area contributed by atoms with Crippen LogP contribution in [0.25, 0.3) is 0 Å². The van der Waals surface area contributed by atoms with Gasteiger partial charge in [0.25, 0.3) is 5.91 Å². The van der Waals surface area contributed by atoms with E-state index in [1.807, 2.05) is 0 Å². The largest absolute Gasteiger partial charge is 0.394 e. The van der Waals surface area contributed by atoms with Crippen molar-refractivity contribution in [2.75, 3.05) is 19.8 Å². The molecule has 1 amide bonds. The Bertz CT molecular complexity index is 671. The van der Waals surface area contributed by atoms with E-state index in [0.717, 1.165) is 19.3 Å². The molecule has 0 spiro atoms. The molecule has 0 aromatic heterocycles. The Morgan fingerprint density at radius 2 is 1.19 bits per heavy atom. The molecule has 12 nitrogen and oxygen atoms in total. The fourth-order valence-electron chi connectivity index (χ4n) is 5.06. The summed E-state index contributed by atoms with van der Waals surface area (Å²) in [6.45, 7) is 1.16. The van der Waals surface area contributed by atoms with Gasteiger partial charge in [0, 0.05) is 6.54 Å². The highest BCUT2D eigenvalue weighted by molar-refractivity contribution is 5.81. The molecule has 1 heterocycles. The highest BCUT2D eigenvalue weighted by atomic mass is 16.7. The van der Waals surface area contributed by atoms with Crippen molar-refractivity contribution in [1.82, 2.24) is 5.32 Å². The van der Waals surface area contributed by atoms with Crippen LogP contribution in [0.3, 0.4) is 0 Å². The Morgan fingerprint density at radius 1 is 0.714 bits per heavy atom. The number of carbonyl (C=O) groups is 1. The smallest absolute Gasteiger partial charge is 0.251 e. The molecule has 0 radical (unpaired) electrons. The Labute approximate surface area is 251 Å². The third-order valence-electron chi connectivity index (χ3n) is 7.95. The number of aliphatic hydroxyl groups excluding tert-OH is 8. The predicted molar refractivity (Wildman–Crippen MR) is 156 cm³/mol. The summed E-state index contributed by atoms with van der Waals surface area (Å²) in [4.78, 5) is 12.2. The van der Waals surface area contributed by atoms with Crippen LogP contribution in [0, 0.1) is 0 Å². The molecule has 1 fully saturated rings. The summed E-state index contributed by atoms with van der Waals surface area (Å²) in [5.74, 6) is -0.885. The Balaban J connectivity index is 2.10. The van der Waals surface area contributed by atoms with Crippen molar-refractivity contribution < 1.29 is 55.1 Å². The molecule has 0 aromatic rings. The van der Waals surface area contributed by atoms with Crippen molar-refractivity contribution in [3.05, 3.63) is 0 Å². The van der Waals surface area contributed by atoms with Gasteiger partial charge in [0.1, 0.15) is 42.7 Å². The molecular formula is C30H59NO11. The van der Waals surface area contributed by atoms with E-state index in [1.165, 1.54) is 77.0 Å². The van der Waals surface area contributed by atoms with Crippen LogP contribution in [0.4, 0.5) is 0 Å². The monoisotopic (exact) mass is 609 g/mol. The fraction of sp³-hybridized carbons (Fsp3) is 0.967. The lowest BCUT2D eigenvalue weighted by Gasteiger charge is -2.40. The lowest BCUT2D eigenvalue weighted by Crippen LogP contribution is -2.59. The van der Waals surface area contributed by atoms with E-state index >= 15 is 0 Å². The van der Waals surface area contributed by atoms with Gasteiger partial charge in [-0.3, -0.25) is 4.79 Å². The van der Waals surface area contributed by atoms with E-state index < -0.39 is 74.2 Å². The molecule has 0 saturated carbocycles. The van der Waals surface area contributed by atoms with E-state index in [1.54, 1.807) is 0 Å². The zero-order valence-corrected chi connectivity index (χ0v) is 25.4.